The highest BCUT2D eigenvalue weighted by atomic mass is 19.4. The number of ether oxygens (including phenoxy) is 1. The van der Waals surface area contributed by atoms with Gasteiger partial charge in [-0.1, -0.05) is 6.92 Å². The molecule has 1 fully saturated rings. The van der Waals surface area contributed by atoms with Crippen LogP contribution in [-0.2, 0) is 6.18 Å². The van der Waals surface area contributed by atoms with Crippen LogP contribution in [0.5, 0.6) is 5.88 Å². The van der Waals surface area contributed by atoms with Gasteiger partial charge in [-0.2, -0.15) is 28.2 Å². The zero-order valence-electron chi connectivity index (χ0n) is 18.6. The Morgan fingerprint density at radius 1 is 1.21 bits per heavy atom. The fourth-order valence-corrected chi connectivity index (χ4v) is 4.20. The Balaban J connectivity index is 1.59. The molecule has 1 aliphatic rings. The standard InChI is InChI=1S/C23H23F4N5O2/c1-14-4-3-9-31(19(14)13-34-20-6-5-16(12-28-20)23(25,26)27)22(33)21-15(2)10-17(24)11-18(21)32-29-7-8-30-32/h5-8,10-12,14,19H,3-4,9,13H2,1-2H3/t14-,19-/m1/s1. The number of aromatic nitrogens is 4. The second-order valence-electron chi connectivity index (χ2n) is 8.31. The van der Waals surface area contributed by atoms with Crippen molar-refractivity contribution in [1.82, 2.24) is 24.9 Å². The first-order valence-corrected chi connectivity index (χ1v) is 10.8. The molecule has 3 heterocycles. The number of carbonyl (C=O) groups is 1. The highest BCUT2D eigenvalue weighted by Crippen LogP contribution is 2.31. The Hall–Kier alpha value is -3.50. The second kappa shape index (κ2) is 9.40. The number of hydrogen-bond acceptors (Lipinski definition) is 5. The highest BCUT2D eigenvalue weighted by molar-refractivity contribution is 5.99. The summed E-state index contributed by atoms with van der Waals surface area (Å²) in [6.45, 7) is 4.15. The molecule has 1 saturated heterocycles. The van der Waals surface area contributed by atoms with E-state index in [-0.39, 0.29) is 41.6 Å². The molecule has 11 heteroatoms. The number of benzene rings is 1. The van der Waals surface area contributed by atoms with E-state index in [1.807, 2.05) is 6.92 Å². The lowest BCUT2D eigenvalue weighted by Gasteiger charge is -2.40. The Bertz CT molecular complexity index is 1150. The second-order valence-corrected chi connectivity index (χ2v) is 8.31. The van der Waals surface area contributed by atoms with Crippen LogP contribution < -0.4 is 4.74 Å². The predicted octanol–water partition coefficient (Wildman–Crippen LogP) is 4.45. The Morgan fingerprint density at radius 2 is 1.94 bits per heavy atom. The third-order valence-corrected chi connectivity index (χ3v) is 5.97. The van der Waals surface area contributed by atoms with Gasteiger partial charge < -0.3 is 9.64 Å². The molecule has 34 heavy (non-hydrogen) atoms. The van der Waals surface area contributed by atoms with Crippen LogP contribution in [0, 0.1) is 18.7 Å². The van der Waals surface area contributed by atoms with E-state index in [0.717, 1.165) is 25.0 Å². The summed E-state index contributed by atoms with van der Waals surface area (Å²) < 4.78 is 58.2. The lowest BCUT2D eigenvalue weighted by Crippen LogP contribution is -2.51. The van der Waals surface area contributed by atoms with Gasteiger partial charge in [0.1, 0.15) is 18.1 Å². The Kier molecular flexibility index (Phi) is 6.54. The van der Waals surface area contributed by atoms with Gasteiger partial charge in [0.05, 0.1) is 29.6 Å². The molecule has 0 saturated carbocycles. The average molecular weight is 477 g/mol. The number of amides is 1. The molecular weight excluding hydrogens is 454 g/mol. The molecule has 0 aliphatic carbocycles. The predicted molar refractivity (Wildman–Crippen MR) is 114 cm³/mol. The number of piperidine rings is 1. The fourth-order valence-electron chi connectivity index (χ4n) is 4.20. The van der Waals surface area contributed by atoms with Gasteiger partial charge in [-0.05, 0) is 43.4 Å². The number of alkyl halides is 3. The summed E-state index contributed by atoms with van der Waals surface area (Å²) in [5.74, 6) is -0.719. The number of nitrogens with zero attached hydrogens (tertiary/aromatic N) is 5. The molecule has 3 aromatic rings. The van der Waals surface area contributed by atoms with E-state index < -0.39 is 17.6 Å². The monoisotopic (exact) mass is 477 g/mol. The molecule has 1 amide bonds. The molecule has 7 nitrogen and oxygen atoms in total. The number of halogens is 4. The number of aryl methyl sites for hydroxylation is 1. The van der Waals surface area contributed by atoms with Crippen LogP contribution in [0.3, 0.4) is 0 Å². The van der Waals surface area contributed by atoms with Gasteiger partial charge in [0.15, 0.2) is 0 Å². The van der Waals surface area contributed by atoms with Crippen LogP contribution in [0.2, 0.25) is 0 Å². The summed E-state index contributed by atoms with van der Waals surface area (Å²) in [5.41, 5.74) is 0.0907. The van der Waals surface area contributed by atoms with Crippen LogP contribution in [0.1, 0.15) is 41.3 Å². The first-order valence-electron chi connectivity index (χ1n) is 10.8. The van der Waals surface area contributed by atoms with Crippen molar-refractivity contribution in [3.63, 3.8) is 0 Å². The fraction of sp³-hybridized carbons (Fsp3) is 0.391. The van der Waals surface area contributed by atoms with Gasteiger partial charge in [-0.3, -0.25) is 4.79 Å². The molecule has 1 aromatic carbocycles. The Labute approximate surface area is 193 Å². The summed E-state index contributed by atoms with van der Waals surface area (Å²) >= 11 is 0. The maximum atomic E-state index is 14.2. The van der Waals surface area contributed by atoms with Crippen LogP contribution >= 0.6 is 0 Å². The maximum Gasteiger partial charge on any atom is 0.417 e. The number of pyridine rings is 1. The van der Waals surface area contributed by atoms with Crippen molar-refractivity contribution in [2.24, 2.45) is 5.92 Å². The first kappa shape index (κ1) is 23.7. The smallest absolute Gasteiger partial charge is 0.417 e. The molecule has 2 atom stereocenters. The molecule has 180 valence electrons. The van der Waals surface area contributed by atoms with E-state index in [0.29, 0.717) is 18.3 Å². The third-order valence-electron chi connectivity index (χ3n) is 5.97. The number of hydrogen-bond donors (Lipinski definition) is 0. The van der Waals surface area contributed by atoms with Crippen LogP contribution in [0.15, 0.2) is 42.9 Å². The van der Waals surface area contributed by atoms with Crippen molar-refractivity contribution < 1.29 is 27.1 Å². The van der Waals surface area contributed by atoms with E-state index in [2.05, 4.69) is 15.2 Å². The molecule has 0 radical (unpaired) electrons. The van der Waals surface area contributed by atoms with Gasteiger partial charge in [0.2, 0.25) is 5.88 Å². The molecule has 2 aromatic heterocycles. The molecule has 0 bridgehead atoms. The highest BCUT2D eigenvalue weighted by Gasteiger charge is 2.35. The van der Waals surface area contributed by atoms with E-state index >= 15 is 0 Å². The summed E-state index contributed by atoms with van der Waals surface area (Å²) in [5, 5.41) is 8.09. The van der Waals surface area contributed by atoms with Crippen molar-refractivity contribution in [2.45, 2.75) is 38.9 Å². The van der Waals surface area contributed by atoms with Crippen LogP contribution in [0.4, 0.5) is 17.6 Å². The molecule has 0 N–H and O–H groups in total. The first-order chi connectivity index (χ1) is 16.1. The number of carbonyl (C=O) groups excluding carboxylic acids is 1. The van der Waals surface area contributed by atoms with Crippen LogP contribution in [-0.4, -0.2) is 50.0 Å². The lowest BCUT2D eigenvalue weighted by molar-refractivity contribution is -0.137. The summed E-state index contributed by atoms with van der Waals surface area (Å²) in [7, 11) is 0. The zero-order chi connectivity index (χ0) is 24.5. The van der Waals surface area contributed by atoms with Gasteiger partial charge in [0.25, 0.3) is 5.91 Å². The van der Waals surface area contributed by atoms with E-state index in [1.165, 1.54) is 29.3 Å². The number of likely N-dealkylation sites (tertiary alicyclic amines) is 1. The van der Waals surface area contributed by atoms with Crippen molar-refractivity contribution in [1.29, 1.82) is 0 Å². The minimum atomic E-state index is -4.49. The SMILES string of the molecule is Cc1cc(F)cc(-n2nccn2)c1C(=O)N1CCC[C@@H](C)[C@H]1COc1ccc(C(F)(F)F)cn1. The van der Waals surface area contributed by atoms with Gasteiger partial charge in [0, 0.05) is 24.9 Å². The van der Waals surface area contributed by atoms with Gasteiger partial charge in [-0.25, -0.2) is 9.37 Å². The summed E-state index contributed by atoms with van der Waals surface area (Å²) in [6.07, 6.45) is 0.733. The largest absolute Gasteiger partial charge is 0.475 e. The molecular formula is C23H23F4N5O2. The Morgan fingerprint density at radius 3 is 2.59 bits per heavy atom. The summed E-state index contributed by atoms with van der Waals surface area (Å²) in [6, 6.07) is 4.21. The quantitative estimate of drug-likeness (QED) is 0.508. The van der Waals surface area contributed by atoms with E-state index in [9.17, 15) is 22.4 Å². The lowest BCUT2D eigenvalue weighted by atomic mass is 9.90. The van der Waals surface area contributed by atoms with E-state index in [1.54, 1.807) is 11.8 Å². The molecule has 1 aliphatic heterocycles. The van der Waals surface area contributed by atoms with Gasteiger partial charge >= 0.3 is 6.18 Å². The maximum absolute atomic E-state index is 14.2. The van der Waals surface area contributed by atoms with Crippen molar-refractivity contribution in [2.75, 3.05) is 13.2 Å². The molecule has 0 unspecified atom stereocenters. The molecule has 4 rings (SSSR count). The van der Waals surface area contributed by atoms with Crippen molar-refractivity contribution in [3.8, 4) is 11.6 Å². The van der Waals surface area contributed by atoms with Crippen molar-refractivity contribution >= 4 is 5.91 Å². The number of rotatable bonds is 5. The molecule has 0 spiro atoms. The third kappa shape index (κ3) is 4.87. The van der Waals surface area contributed by atoms with Gasteiger partial charge in [-0.15, -0.1) is 0 Å². The minimum Gasteiger partial charge on any atom is -0.475 e. The normalized spacial score (nSPS) is 18.7. The zero-order valence-corrected chi connectivity index (χ0v) is 18.6. The minimum absolute atomic E-state index is 0.0394. The van der Waals surface area contributed by atoms with Crippen LogP contribution in [0.25, 0.3) is 5.69 Å². The van der Waals surface area contributed by atoms with E-state index in [4.69, 9.17) is 4.74 Å². The topological polar surface area (TPSA) is 73.1 Å². The average Bonchev–Trinajstić information content (AvgIpc) is 3.32. The van der Waals surface area contributed by atoms with Crippen molar-refractivity contribution in [3.05, 3.63) is 65.4 Å². The summed E-state index contributed by atoms with van der Waals surface area (Å²) in [4.78, 5) is 20.3.